The summed E-state index contributed by atoms with van der Waals surface area (Å²) in [6.45, 7) is 0. The number of primary amides is 1. The van der Waals surface area contributed by atoms with Gasteiger partial charge in [0.2, 0.25) is 11.8 Å². The molecule has 0 saturated heterocycles. The Morgan fingerprint density at radius 2 is 1.34 bits per heavy atom. The van der Waals surface area contributed by atoms with E-state index in [1.807, 2.05) is 12.1 Å². The number of para-hydroxylation sites is 4. The molecule has 5 N–H and O–H groups in total. The maximum atomic E-state index is 13.7. The Balaban J connectivity index is 1.63. The Labute approximate surface area is 202 Å². The fourth-order valence-corrected chi connectivity index (χ4v) is 3.60. The van der Waals surface area contributed by atoms with Gasteiger partial charge < -0.3 is 16.8 Å². The molecule has 0 aliphatic heterocycles. The maximum absolute atomic E-state index is 13.7. The Kier molecular flexibility index (Phi) is 6.83. The second-order valence-electron chi connectivity index (χ2n) is 7.69. The molecule has 1 atom stereocenters. The first-order valence-corrected chi connectivity index (χ1v) is 10.8. The summed E-state index contributed by atoms with van der Waals surface area (Å²) in [5.41, 5.74) is 13.9. The number of nitrogens with one attached hydrogen (secondary N) is 1. The molecule has 8 heteroatoms. The van der Waals surface area contributed by atoms with Crippen molar-refractivity contribution in [1.29, 1.82) is 0 Å². The van der Waals surface area contributed by atoms with Crippen molar-refractivity contribution in [2.75, 3.05) is 16.0 Å². The second kappa shape index (κ2) is 10.3. The minimum atomic E-state index is -1.36. The highest BCUT2D eigenvalue weighted by molar-refractivity contribution is 6.14. The highest BCUT2D eigenvalue weighted by Crippen LogP contribution is 2.30. The Hall–Kier alpha value is -4.98. The van der Waals surface area contributed by atoms with Crippen molar-refractivity contribution in [3.63, 3.8) is 0 Å². The minimum absolute atomic E-state index is 0.134. The number of carbonyl (C=O) groups excluding carboxylic acids is 3. The lowest BCUT2D eigenvalue weighted by Crippen LogP contribution is -2.38. The van der Waals surface area contributed by atoms with Crippen LogP contribution in [0.1, 0.15) is 22.0 Å². The molecular weight excluding hydrogens is 442 g/mol. The minimum Gasteiger partial charge on any atom is -0.397 e. The van der Waals surface area contributed by atoms with Gasteiger partial charge >= 0.3 is 0 Å². The molecule has 0 saturated carbocycles. The molecule has 3 amide bonds. The summed E-state index contributed by atoms with van der Waals surface area (Å²) >= 11 is 0. The first-order valence-electron chi connectivity index (χ1n) is 10.8. The van der Waals surface area contributed by atoms with Gasteiger partial charge in [-0.25, -0.2) is 0 Å². The number of benzene rings is 3. The number of nitrogens with two attached hydrogens (primary N) is 2. The molecule has 0 aliphatic rings. The number of nitrogens with zero attached hydrogens (tertiary/aromatic N) is 2. The largest absolute Gasteiger partial charge is 0.397 e. The Morgan fingerprint density at radius 3 is 1.86 bits per heavy atom. The standard InChI is InChI=1S/C27H23N5O3/c28-21-13-7-8-14-22(21)31-26(34)18-15-16-23(30-17-18)24(25(29)33)27(35)32(19-9-3-1-4-10-19)20-11-5-2-6-12-20/h1-17,24H,28H2,(H2,29,33)(H,31,34). The van der Waals surface area contributed by atoms with Gasteiger partial charge in [-0.15, -0.1) is 0 Å². The van der Waals surface area contributed by atoms with Crippen LogP contribution in [0.25, 0.3) is 0 Å². The highest BCUT2D eigenvalue weighted by atomic mass is 16.2. The van der Waals surface area contributed by atoms with Crippen molar-refractivity contribution in [2.45, 2.75) is 5.92 Å². The summed E-state index contributed by atoms with van der Waals surface area (Å²) in [5.74, 6) is -3.21. The number of anilines is 4. The Morgan fingerprint density at radius 1 is 0.771 bits per heavy atom. The molecule has 4 rings (SSSR count). The van der Waals surface area contributed by atoms with E-state index in [-0.39, 0.29) is 11.3 Å². The molecule has 3 aromatic carbocycles. The van der Waals surface area contributed by atoms with E-state index in [2.05, 4.69) is 10.3 Å². The van der Waals surface area contributed by atoms with Gasteiger partial charge in [0.15, 0.2) is 5.92 Å². The summed E-state index contributed by atoms with van der Waals surface area (Å²) < 4.78 is 0. The fraction of sp³-hybridized carbons (Fsp3) is 0.0370. The smallest absolute Gasteiger partial charge is 0.257 e. The van der Waals surface area contributed by atoms with Crippen LogP contribution in [-0.4, -0.2) is 22.7 Å². The normalized spacial score (nSPS) is 11.3. The lowest BCUT2D eigenvalue weighted by Gasteiger charge is -2.26. The quantitative estimate of drug-likeness (QED) is 0.282. The zero-order valence-corrected chi connectivity index (χ0v) is 18.7. The van der Waals surface area contributed by atoms with Crippen LogP contribution in [0.3, 0.4) is 0 Å². The molecule has 4 aromatic rings. The van der Waals surface area contributed by atoms with Gasteiger partial charge in [-0.2, -0.15) is 0 Å². The lowest BCUT2D eigenvalue weighted by molar-refractivity contribution is -0.128. The molecule has 0 fully saturated rings. The predicted octanol–water partition coefficient (Wildman–Crippen LogP) is 3.85. The van der Waals surface area contributed by atoms with Crippen LogP contribution in [0.5, 0.6) is 0 Å². The number of pyridine rings is 1. The maximum Gasteiger partial charge on any atom is 0.257 e. The number of nitrogen functional groups attached to an aromatic ring is 1. The fourth-order valence-electron chi connectivity index (χ4n) is 3.60. The number of rotatable bonds is 7. The molecule has 0 spiro atoms. The molecule has 0 aliphatic carbocycles. The van der Waals surface area contributed by atoms with Gasteiger partial charge in [-0.1, -0.05) is 48.5 Å². The Bertz CT molecular complexity index is 1300. The summed E-state index contributed by atoms with van der Waals surface area (Å²) in [7, 11) is 0. The predicted molar refractivity (Wildman–Crippen MR) is 135 cm³/mol. The van der Waals surface area contributed by atoms with E-state index in [1.54, 1.807) is 72.8 Å². The molecule has 8 nitrogen and oxygen atoms in total. The van der Waals surface area contributed by atoms with Crippen molar-refractivity contribution >= 4 is 40.5 Å². The third-order valence-corrected chi connectivity index (χ3v) is 5.33. The van der Waals surface area contributed by atoms with Gasteiger partial charge in [0.05, 0.1) is 22.6 Å². The molecule has 1 heterocycles. The average Bonchev–Trinajstić information content (AvgIpc) is 2.87. The van der Waals surface area contributed by atoms with Crippen molar-refractivity contribution in [3.8, 4) is 0 Å². The van der Waals surface area contributed by atoms with Crippen LogP contribution < -0.4 is 21.7 Å². The molecule has 174 valence electrons. The van der Waals surface area contributed by atoms with Crippen LogP contribution in [0.15, 0.2) is 103 Å². The van der Waals surface area contributed by atoms with Gasteiger partial charge in [0, 0.05) is 17.6 Å². The van der Waals surface area contributed by atoms with Crippen LogP contribution in [0.2, 0.25) is 0 Å². The summed E-state index contributed by atoms with van der Waals surface area (Å²) in [6, 6.07) is 27.7. The average molecular weight is 466 g/mol. The van der Waals surface area contributed by atoms with E-state index in [9.17, 15) is 14.4 Å². The third kappa shape index (κ3) is 5.17. The van der Waals surface area contributed by atoms with Crippen LogP contribution in [0, 0.1) is 0 Å². The highest BCUT2D eigenvalue weighted by Gasteiger charge is 2.33. The molecular formula is C27H23N5O3. The van der Waals surface area contributed by atoms with Crippen molar-refractivity contribution in [1.82, 2.24) is 4.98 Å². The van der Waals surface area contributed by atoms with Crippen molar-refractivity contribution in [3.05, 3.63) is 115 Å². The van der Waals surface area contributed by atoms with Crippen LogP contribution in [0.4, 0.5) is 22.7 Å². The SMILES string of the molecule is NC(=O)C(C(=O)N(c1ccccc1)c1ccccc1)c1ccc(C(=O)Nc2ccccc2N)cn1. The number of carbonyl (C=O) groups is 3. The van der Waals surface area contributed by atoms with Gasteiger partial charge in [-0.3, -0.25) is 24.3 Å². The first kappa shape index (κ1) is 23.2. The lowest BCUT2D eigenvalue weighted by atomic mass is 10.0. The monoisotopic (exact) mass is 465 g/mol. The van der Waals surface area contributed by atoms with E-state index in [1.165, 1.54) is 23.2 Å². The number of amides is 3. The van der Waals surface area contributed by atoms with E-state index in [4.69, 9.17) is 11.5 Å². The number of hydrogen-bond donors (Lipinski definition) is 3. The van der Waals surface area contributed by atoms with E-state index in [0.717, 1.165) is 0 Å². The molecule has 0 radical (unpaired) electrons. The second-order valence-corrected chi connectivity index (χ2v) is 7.69. The zero-order chi connectivity index (χ0) is 24.8. The van der Waals surface area contributed by atoms with Gasteiger partial charge in [0.1, 0.15) is 0 Å². The molecule has 0 bridgehead atoms. The van der Waals surface area contributed by atoms with E-state index >= 15 is 0 Å². The summed E-state index contributed by atoms with van der Waals surface area (Å²) in [5, 5.41) is 2.71. The molecule has 1 unspecified atom stereocenters. The van der Waals surface area contributed by atoms with Crippen molar-refractivity contribution in [2.24, 2.45) is 5.73 Å². The topological polar surface area (TPSA) is 131 Å². The van der Waals surface area contributed by atoms with Gasteiger partial charge in [-0.05, 0) is 48.5 Å². The zero-order valence-electron chi connectivity index (χ0n) is 18.7. The molecule has 35 heavy (non-hydrogen) atoms. The van der Waals surface area contributed by atoms with Crippen molar-refractivity contribution < 1.29 is 14.4 Å². The van der Waals surface area contributed by atoms with Crippen LogP contribution >= 0.6 is 0 Å². The molecule has 1 aromatic heterocycles. The number of hydrogen-bond acceptors (Lipinski definition) is 5. The van der Waals surface area contributed by atoms with E-state index in [0.29, 0.717) is 22.7 Å². The van der Waals surface area contributed by atoms with Crippen LogP contribution in [-0.2, 0) is 9.59 Å². The summed E-state index contributed by atoms with van der Waals surface area (Å²) in [6.07, 6.45) is 1.29. The first-order chi connectivity index (χ1) is 17.0. The van der Waals surface area contributed by atoms with E-state index < -0.39 is 23.6 Å². The number of aromatic nitrogens is 1. The summed E-state index contributed by atoms with van der Waals surface area (Å²) in [4.78, 5) is 44.4. The van der Waals surface area contributed by atoms with Gasteiger partial charge in [0.25, 0.3) is 5.91 Å². The third-order valence-electron chi connectivity index (χ3n) is 5.33.